The Labute approximate surface area is 154 Å². The van der Waals surface area contributed by atoms with E-state index in [0.717, 1.165) is 37.9 Å². The summed E-state index contributed by atoms with van der Waals surface area (Å²) in [5.41, 5.74) is 3.43. The molecule has 2 aromatic rings. The van der Waals surface area contributed by atoms with Crippen LogP contribution in [0.15, 0.2) is 54.6 Å². The van der Waals surface area contributed by atoms with Crippen LogP contribution in [-0.4, -0.2) is 25.0 Å². The first-order valence-electron chi connectivity index (χ1n) is 9.32. The summed E-state index contributed by atoms with van der Waals surface area (Å²) in [5, 5.41) is 0. The number of fused-ring (bicyclic) bond motifs is 1. The number of benzene rings is 2. The fourth-order valence-electron chi connectivity index (χ4n) is 3.32. The summed E-state index contributed by atoms with van der Waals surface area (Å²) in [4.78, 5) is 26.2. The van der Waals surface area contributed by atoms with Crippen LogP contribution >= 0.6 is 0 Å². The van der Waals surface area contributed by atoms with Crippen molar-refractivity contribution in [2.24, 2.45) is 0 Å². The fourth-order valence-corrected chi connectivity index (χ4v) is 3.32. The number of carbonyl (C=O) groups excluding carboxylic acids is 2. The summed E-state index contributed by atoms with van der Waals surface area (Å²) in [6, 6.07) is 18.1. The monoisotopic (exact) mass is 351 g/mol. The Kier molecular flexibility index (Phi) is 6.42. The Morgan fingerprint density at radius 2 is 1.73 bits per heavy atom. The Hall–Kier alpha value is -2.62. The standard InChI is InChI=1S/C22H25NO3/c24-21(23-16-6-12-19-11-4-5-13-20(19)23)14-15-22(25)26-17-7-10-18-8-2-1-3-9-18/h1-5,8-9,11,13H,6-7,10,12,14-17H2. The van der Waals surface area contributed by atoms with Crippen molar-refractivity contribution in [1.29, 1.82) is 0 Å². The van der Waals surface area contributed by atoms with E-state index in [1.807, 2.05) is 41.3 Å². The molecule has 0 radical (unpaired) electrons. The van der Waals surface area contributed by atoms with Crippen LogP contribution < -0.4 is 4.90 Å². The maximum Gasteiger partial charge on any atom is 0.306 e. The van der Waals surface area contributed by atoms with Crippen LogP contribution in [0, 0.1) is 0 Å². The van der Waals surface area contributed by atoms with Gasteiger partial charge in [-0.3, -0.25) is 9.59 Å². The van der Waals surface area contributed by atoms with Gasteiger partial charge in [-0.1, -0.05) is 48.5 Å². The van der Waals surface area contributed by atoms with Crippen LogP contribution in [0.1, 0.15) is 36.8 Å². The molecular formula is C22H25NO3. The van der Waals surface area contributed by atoms with Crippen molar-refractivity contribution >= 4 is 17.6 Å². The molecule has 0 N–H and O–H groups in total. The highest BCUT2D eigenvalue weighted by atomic mass is 16.5. The number of hydrogen-bond donors (Lipinski definition) is 0. The molecule has 0 aliphatic carbocycles. The van der Waals surface area contributed by atoms with Gasteiger partial charge in [0, 0.05) is 18.7 Å². The predicted octanol–water partition coefficient (Wildman–Crippen LogP) is 3.92. The average Bonchev–Trinajstić information content (AvgIpc) is 2.70. The highest BCUT2D eigenvalue weighted by molar-refractivity contribution is 5.96. The predicted molar refractivity (Wildman–Crippen MR) is 102 cm³/mol. The Bertz CT molecular complexity index is 742. The maximum absolute atomic E-state index is 12.5. The van der Waals surface area contributed by atoms with Gasteiger partial charge in [0.15, 0.2) is 0 Å². The van der Waals surface area contributed by atoms with E-state index in [1.165, 1.54) is 11.1 Å². The summed E-state index contributed by atoms with van der Waals surface area (Å²) in [5.74, 6) is -0.296. The molecule has 0 saturated heterocycles. The van der Waals surface area contributed by atoms with E-state index in [0.29, 0.717) is 6.61 Å². The van der Waals surface area contributed by atoms with Gasteiger partial charge in [-0.2, -0.15) is 0 Å². The highest BCUT2D eigenvalue weighted by Gasteiger charge is 2.22. The number of hydrogen-bond acceptors (Lipinski definition) is 3. The molecule has 26 heavy (non-hydrogen) atoms. The third-order valence-electron chi connectivity index (χ3n) is 4.67. The van der Waals surface area contributed by atoms with Gasteiger partial charge >= 0.3 is 5.97 Å². The van der Waals surface area contributed by atoms with Crippen molar-refractivity contribution in [1.82, 2.24) is 0 Å². The molecule has 1 aliphatic rings. The van der Waals surface area contributed by atoms with Crippen LogP contribution in [0.5, 0.6) is 0 Å². The number of rotatable bonds is 7. The van der Waals surface area contributed by atoms with Gasteiger partial charge in [0.1, 0.15) is 0 Å². The molecule has 0 spiro atoms. The van der Waals surface area contributed by atoms with Crippen molar-refractivity contribution < 1.29 is 14.3 Å². The SMILES string of the molecule is O=C(CCC(=O)N1CCCc2ccccc21)OCCCc1ccccc1. The largest absolute Gasteiger partial charge is 0.466 e. The van der Waals surface area contributed by atoms with E-state index in [2.05, 4.69) is 18.2 Å². The fraction of sp³-hybridized carbons (Fsp3) is 0.364. The lowest BCUT2D eigenvalue weighted by molar-refractivity contribution is -0.144. The average molecular weight is 351 g/mol. The minimum atomic E-state index is -0.295. The minimum absolute atomic E-state index is 0.00149. The lowest BCUT2D eigenvalue weighted by Crippen LogP contribution is -2.35. The molecule has 2 aromatic carbocycles. The second kappa shape index (κ2) is 9.18. The van der Waals surface area contributed by atoms with Crippen LogP contribution in [0.3, 0.4) is 0 Å². The molecule has 0 fully saturated rings. The Morgan fingerprint density at radius 1 is 0.962 bits per heavy atom. The molecule has 0 atom stereocenters. The zero-order chi connectivity index (χ0) is 18.2. The number of carbonyl (C=O) groups is 2. The van der Waals surface area contributed by atoms with Gasteiger partial charge < -0.3 is 9.64 Å². The topological polar surface area (TPSA) is 46.6 Å². The first-order valence-corrected chi connectivity index (χ1v) is 9.32. The summed E-state index contributed by atoms with van der Waals surface area (Å²) in [6.45, 7) is 1.12. The maximum atomic E-state index is 12.5. The second-order valence-electron chi connectivity index (χ2n) is 6.59. The zero-order valence-corrected chi connectivity index (χ0v) is 15.0. The van der Waals surface area contributed by atoms with Crippen molar-refractivity contribution in [3.8, 4) is 0 Å². The van der Waals surface area contributed by atoms with Crippen LogP contribution in [0.2, 0.25) is 0 Å². The van der Waals surface area contributed by atoms with Crippen molar-refractivity contribution in [3.05, 3.63) is 65.7 Å². The van der Waals surface area contributed by atoms with Gasteiger partial charge in [0.05, 0.1) is 13.0 Å². The highest BCUT2D eigenvalue weighted by Crippen LogP contribution is 2.27. The van der Waals surface area contributed by atoms with E-state index in [9.17, 15) is 9.59 Å². The molecule has 136 valence electrons. The summed E-state index contributed by atoms with van der Waals surface area (Å²) >= 11 is 0. The van der Waals surface area contributed by atoms with Gasteiger partial charge in [-0.15, -0.1) is 0 Å². The normalized spacial score (nSPS) is 13.2. The molecule has 1 aliphatic heterocycles. The van der Waals surface area contributed by atoms with E-state index in [-0.39, 0.29) is 24.7 Å². The smallest absolute Gasteiger partial charge is 0.306 e. The van der Waals surface area contributed by atoms with Crippen molar-refractivity contribution in [3.63, 3.8) is 0 Å². The number of amides is 1. The molecule has 4 heteroatoms. The molecule has 0 bridgehead atoms. The number of para-hydroxylation sites is 1. The molecule has 0 unspecified atom stereocenters. The molecule has 1 heterocycles. The van der Waals surface area contributed by atoms with E-state index in [1.54, 1.807) is 0 Å². The van der Waals surface area contributed by atoms with Gasteiger partial charge in [0.2, 0.25) is 5.91 Å². The number of ether oxygens (including phenoxy) is 1. The van der Waals surface area contributed by atoms with Crippen LogP contribution in [0.4, 0.5) is 5.69 Å². The number of esters is 1. The van der Waals surface area contributed by atoms with Gasteiger partial charge in [0.25, 0.3) is 0 Å². The third kappa shape index (κ3) is 4.94. The zero-order valence-electron chi connectivity index (χ0n) is 15.0. The van der Waals surface area contributed by atoms with Crippen LogP contribution in [-0.2, 0) is 27.2 Å². The molecule has 4 nitrogen and oxygen atoms in total. The molecule has 0 aromatic heterocycles. The van der Waals surface area contributed by atoms with E-state index in [4.69, 9.17) is 4.74 Å². The summed E-state index contributed by atoms with van der Waals surface area (Å²) < 4.78 is 5.26. The summed E-state index contributed by atoms with van der Waals surface area (Å²) in [7, 11) is 0. The van der Waals surface area contributed by atoms with Gasteiger partial charge in [-0.05, 0) is 42.9 Å². The van der Waals surface area contributed by atoms with Crippen molar-refractivity contribution in [2.45, 2.75) is 38.5 Å². The van der Waals surface area contributed by atoms with E-state index >= 15 is 0 Å². The lowest BCUT2D eigenvalue weighted by atomic mass is 10.0. The molecule has 3 rings (SSSR count). The first kappa shape index (κ1) is 18.2. The number of anilines is 1. The third-order valence-corrected chi connectivity index (χ3v) is 4.67. The second-order valence-corrected chi connectivity index (χ2v) is 6.59. The Balaban J connectivity index is 1.39. The Morgan fingerprint density at radius 3 is 2.58 bits per heavy atom. The molecular weight excluding hydrogens is 326 g/mol. The number of nitrogens with zero attached hydrogens (tertiary/aromatic N) is 1. The molecule has 1 amide bonds. The minimum Gasteiger partial charge on any atom is -0.466 e. The summed E-state index contributed by atoms with van der Waals surface area (Å²) in [6.07, 6.45) is 3.99. The van der Waals surface area contributed by atoms with Gasteiger partial charge in [-0.25, -0.2) is 0 Å². The van der Waals surface area contributed by atoms with E-state index < -0.39 is 0 Å². The first-order chi connectivity index (χ1) is 12.7. The number of aryl methyl sites for hydroxylation is 2. The lowest BCUT2D eigenvalue weighted by Gasteiger charge is -2.29. The van der Waals surface area contributed by atoms with Crippen LogP contribution in [0.25, 0.3) is 0 Å². The van der Waals surface area contributed by atoms with Crippen molar-refractivity contribution in [2.75, 3.05) is 18.1 Å². The quantitative estimate of drug-likeness (QED) is 0.561. The molecule has 0 saturated carbocycles.